The van der Waals surface area contributed by atoms with E-state index in [-0.39, 0.29) is 18.9 Å². The topological polar surface area (TPSA) is 0 Å². The Balaban J connectivity index is 0. The molecule has 0 aromatic rings. The van der Waals surface area contributed by atoms with E-state index in [0.29, 0.717) is 5.41 Å². The van der Waals surface area contributed by atoms with Crippen molar-refractivity contribution in [2.45, 2.75) is 40.4 Å². The fourth-order valence-electron chi connectivity index (χ4n) is 0.433. The van der Waals surface area contributed by atoms with E-state index in [0.717, 1.165) is 0 Å². The molecule has 11 heavy (non-hydrogen) atoms. The van der Waals surface area contributed by atoms with Gasteiger partial charge in [0.2, 0.25) is 0 Å². The van der Waals surface area contributed by atoms with Crippen LogP contribution in [-0.4, -0.2) is 8.07 Å². The van der Waals surface area contributed by atoms with Gasteiger partial charge < -0.3 is 5.70 Å². The third-order valence-electron chi connectivity index (χ3n) is 0.938. The van der Waals surface area contributed by atoms with Crippen LogP contribution in [-0.2, 0) is 0 Å². The van der Waals surface area contributed by atoms with Gasteiger partial charge >= 0.3 is 18.9 Å². The SMILES string of the molecule is CC(C)(C)C=[C-][Si](C)(C)C.[Li+]. The number of hydrogen-bond donors (Lipinski definition) is 0. The van der Waals surface area contributed by atoms with E-state index in [1.807, 2.05) is 0 Å². The zero-order chi connectivity index (χ0) is 8.41. The van der Waals surface area contributed by atoms with Crippen LogP contribution in [0, 0.1) is 11.1 Å². The fourth-order valence-corrected chi connectivity index (χ4v) is 1.30. The van der Waals surface area contributed by atoms with E-state index in [1.54, 1.807) is 0 Å². The first-order valence-electron chi connectivity index (χ1n) is 3.83. The average Bonchev–Trinajstić information content (AvgIpc) is 1.57. The maximum atomic E-state index is 3.48. The predicted molar refractivity (Wildman–Crippen MR) is 50.6 cm³/mol. The van der Waals surface area contributed by atoms with Gasteiger partial charge in [0.1, 0.15) is 0 Å². The molecule has 0 nitrogen and oxygen atoms in total. The van der Waals surface area contributed by atoms with Crippen molar-refractivity contribution in [2.75, 3.05) is 0 Å². The molecule has 0 fully saturated rings. The smallest absolute Gasteiger partial charge is 0.501 e. The molecule has 0 aliphatic carbocycles. The van der Waals surface area contributed by atoms with Crippen molar-refractivity contribution >= 4 is 8.07 Å². The van der Waals surface area contributed by atoms with Crippen LogP contribution in [0.15, 0.2) is 6.08 Å². The second kappa shape index (κ2) is 4.55. The summed E-state index contributed by atoms with van der Waals surface area (Å²) < 4.78 is 0. The fraction of sp³-hybridized carbons (Fsp3) is 0.778. The molecule has 0 heterocycles. The minimum atomic E-state index is -1.07. The summed E-state index contributed by atoms with van der Waals surface area (Å²) in [5, 5.41) is 0. The molecule has 0 bridgehead atoms. The Morgan fingerprint density at radius 3 is 1.55 bits per heavy atom. The molecule has 0 aromatic carbocycles. The van der Waals surface area contributed by atoms with Gasteiger partial charge in [0, 0.05) is 0 Å². The van der Waals surface area contributed by atoms with Crippen molar-refractivity contribution in [1.82, 2.24) is 0 Å². The Morgan fingerprint density at radius 2 is 1.45 bits per heavy atom. The minimum absolute atomic E-state index is 0. The molecule has 0 aliphatic heterocycles. The van der Waals surface area contributed by atoms with Crippen molar-refractivity contribution in [2.24, 2.45) is 5.41 Å². The molecular formula is C9H19LiSi. The molecular weight excluding hydrogens is 143 g/mol. The molecule has 0 spiro atoms. The predicted octanol–water partition coefficient (Wildman–Crippen LogP) is 0.273. The van der Waals surface area contributed by atoms with Gasteiger partial charge in [-0.05, 0) is 0 Å². The monoisotopic (exact) mass is 162 g/mol. The maximum Gasteiger partial charge on any atom is 1.00 e. The van der Waals surface area contributed by atoms with E-state index < -0.39 is 8.07 Å². The molecule has 0 saturated carbocycles. The molecule has 0 unspecified atom stereocenters. The van der Waals surface area contributed by atoms with Crippen LogP contribution in [0.1, 0.15) is 20.8 Å². The van der Waals surface area contributed by atoms with Crippen LogP contribution in [0.5, 0.6) is 0 Å². The first kappa shape index (κ1) is 14.1. The van der Waals surface area contributed by atoms with Gasteiger partial charge in [-0.15, -0.1) is 8.07 Å². The summed E-state index contributed by atoms with van der Waals surface area (Å²) in [6, 6.07) is 0. The average molecular weight is 162 g/mol. The van der Waals surface area contributed by atoms with E-state index in [4.69, 9.17) is 0 Å². The van der Waals surface area contributed by atoms with Gasteiger partial charge in [0.05, 0.1) is 0 Å². The molecule has 0 amide bonds. The van der Waals surface area contributed by atoms with Crippen LogP contribution in [0.4, 0.5) is 0 Å². The molecule has 60 valence electrons. The van der Waals surface area contributed by atoms with E-state index in [1.165, 1.54) is 0 Å². The van der Waals surface area contributed by atoms with Gasteiger partial charge in [-0.25, -0.2) is 0 Å². The Morgan fingerprint density at radius 1 is 1.09 bits per heavy atom. The minimum Gasteiger partial charge on any atom is -0.501 e. The third kappa shape index (κ3) is 13.5. The quantitative estimate of drug-likeness (QED) is 0.383. The summed E-state index contributed by atoms with van der Waals surface area (Å²) in [4.78, 5) is 0. The van der Waals surface area contributed by atoms with Gasteiger partial charge in [-0.3, -0.25) is 6.08 Å². The largest absolute Gasteiger partial charge is 1.00 e. The first-order valence-corrected chi connectivity index (χ1v) is 7.33. The van der Waals surface area contributed by atoms with E-state index in [2.05, 4.69) is 52.2 Å². The second-order valence-corrected chi connectivity index (χ2v) is 9.69. The molecule has 0 aromatic heterocycles. The summed E-state index contributed by atoms with van der Waals surface area (Å²) in [6.07, 6.45) is 2.21. The van der Waals surface area contributed by atoms with Crippen molar-refractivity contribution in [3.8, 4) is 0 Å². The molecule has 0 atom stereocenters. The Bertz CT molecular complexity index is 109. The van der Waals surface area contributed by atoms with Crippen LogP contribution in [0.25, 0.3) is 0 Å². The molecule has 0 radical (unpaired) electrons. The summed E-state index contributed by atoms with van der Waals surface area (Å²) >= 11 is 0. The zero-order valence-electron chi connectivity index (χ0n) is 9.08. The van der Waals surface area contributed by atoms with Crippen molar-refractivity contribution in [3.63, 3.8) is 0 Å². The van der Waals surface area contributed by atoms with Crippen LogP contribution in [0.2, 0.25) is 19.6 Å². The number of rotatable bonds is 1. The molecule has 0 aliphatic rings. The Labute approximate surface area is 84.6 Å². The summed E-state index contributed by atoms with van der Waals surface area (Å²) in [5.41, 5.74) is 3.78. The van der Waals surface area contributed by atoms with Crippen LogP contribution in [0.3, 0.4) is 0 Å². The number of hydrogen-bond acceptors (Lipinski definition) is 0. The standard InChI is InChI=1S/C9H19Si.Li/c1-9(2,3)7-8-10(4,5)6;/h7H,1-6H3;/q-1;+1. The Kier molecular flexibility index (Phi) is 5.83. The molecule has 0 saturated heterocycles. The maximum absolute atomic E-state index is 3.48. The van der Waals surface area contributed by atoms with Crippen molar-refractivity contribution < 1.29 is 18.9 Å². The van der Waals surface area contributed by atoms with Crippen molar-refractivity contribution in [1.29, 1.82) is 0 Å². The van der Waals surface area contributed by atoms with E-state index >= 15 is 0 Å². The molecule has 2 heteroatoms. The van der Waals surface area contributed by atoms with Gasteiger partial charge in [-0.2, -0.15) is 0 Å². The van der Waals surface area contributed by atoms with Gasteiger partial charge in [0.25, 0.3) is 0 Å². The van der Waals surface area contributed by atoms with E-state index in [9.17, 15) is 0 Å². The zero-order valence-corrected chi connectivity index (χ0v) is 10.1. The van der Waals surface area contributed by atoms with Crippen molar-refractivity contribution in [3.05, 3.63) is 11.8 Å². The van der Waals surface area contributed by atoms with Crippen LogP contribution >= 0.6 is 0 Å². The normalized spacial score (nSPS) is 13.3. The summed E-state index contributed by atoms with van der Waals surface area (Å²) in [6.45, 7) is 13.5. The summed E-state index contributed by atoms with van der Waals surface area (Å²) in [5.74, 6) is 0. The third-order valence-corrected chi connectivity index (χ3v) is 1.95. The first-order chi connectivity index (χ1) is 4.21. The summed E-state index contributed by atoms with van der Waals surface area (Å²) in [7, 11) is -1.07. The van der Waals surface area contributed by atoms with Crippen LogP contribution < -0.4 is 18.9 Å². The molecule has 0 N–H and O–H groups in total. The molecule has 0 rings (SSSR count). The van der Waals surface area contributed by atoms with Gasteiger partial charge in [-0.1, -0.05) is 45.8 Å². The number of allylic oxidation sites excluding steroid dienone is 1. The second-order valence-electron chi connectivity index (χ2n) is 4.90. The van der Waals surface area contributed by atoms with Gasteiger partial charge in [0.15, 0.2) is 0 Å². The Hall–Kier alpha value is 0.554.